The molecule has 0 atom stereocenters. The Morgan fingerprint density at radius 3 is 2.10 bits per heavy atom. The lowest BCUT2D eigenvalue weighted by Gasteiger charge is -2.08. The van der Waals surface area contributed by atoms with E-state index in [-0.39, 0.29) is 29.9 Å². The second kappa shape index (κ2) is 9.45. The Balaban J connectivity index is 1.57. The minimum Gasteiger partial charge on any atom is -0.497 e. The summed E-state index contributed by atoms with van der Waals surface area (Å²) in [6, 6.07) is 16.2. The van der Waals surface area contributed by atoms with Gasteiger partial charge in [0.15, 0.2) is 0 Å². The molecule has 148 valence electrons. The molecule has 0 aliphatic rings. The standard InChI is InChI=1S/C22H20FN3O3/c1-29-19-8-4-16(5-9-19)14-26-22(28)20-12-17(10-11-24-20)21(27)25-13-15-2-6-18(23)7-3-15/h2-12H,13-14H2,1H3,(H,25,27)(H,26,28). The van der Waals surface area contributed by atoms with Crippen molar-refractivity contribution in [3.05, 3.63) is 95.1 Å². The fourth-order valence-electron chi connectivity index (χ4n) is 2.60. The Labute approximate surface area is 167 Å². The van der Waals surface area contributed by atoms with Crippen molar-refractivity contribution in [3.63, 3.8) is 0 Å². The van der Waals surface area contributed by atoms with Gasteiger partial charge in [0.25, 0.3) is 11.8 Å². The summed E-state index contributed by atoms with van der Waals surface area (Å²) < 4.78 is 18.0. The Hall–Kier alpha value is -3.74. The molecule has 0 spiro atoms. The molecule has 0 bridgehead atoms. The van der Waals surface area contributed by atoms with Gasteiger partial charge >= 0.3 is 0 Å². The average Bonchev–Trinajstić information content (AvgIpc) is 2.77. The van der Waals surface area contributed by atoms with Crippen LogP contribution in [0, 0.1) is 5.82 Å². The summed E-state index contributed by atoms with van der Waals surface area (Å²) in [6.45, 7) is 0.575. The summed E-state index contributed by atoms with van der Waals surface area (Å²) in [6.07, 6.45) is 1.41. The molecule has 0 unspecified atom stereocenters. The van der Waals surface area contributed by atoms with Gasteiger partial charge in [0.2, 0.25) is 0 Å². The quantitative estimate of drug-likeness (QED) is 0.647. The van der Waals surface area contributed by atoms with E-state index in [9.17, 15) is 14.0 Å². The Kier molecular flexibility index (Phi) is 6.52. The van der Waals surface area contributed by atoms with Crippen molar-refractivity contribution in [3.8, 4) is 5.75 Å². The topological polar surface area (TPSA) is 80.3 Å². The van der Waals surface area contributed by atoms with Crippen LogP contribution < -0.4 is 15.4 Å². The number of benzene rings is 2. The zero-order valence-corrected chi connectivity index (χ0v) is 15.8. The van der Waals surface area contributed by atoms with E-state index in [2.05, 4.69) is 15.6 Å². The van der Waals surface area contributed by atoms with Crippen LogP contribution in [-0.4, -0.2) is 23.9 Å². The van der Waals surface area contributed by atoms with E-state index in [0.717, 1.165) is 16.9 Å². The van der Waals surface area contributed by atoms with E-state index in [0.29, 0.717) is 12.1 Å². The first-order chi connectivity index (χ1) is 14.0. The number of pyridine rings is 1. The molecular formula is C22H20FN3O3. The zero-order chi connectivity index (χ0) is 20.6. The van der Waals surface area contributed by atoms with Gasteiger partial charge in [-0.2, -0.15) is 0 Å². The van der Waals surface area contributed by atoms with Crippen molar-refractivity contribution in [2.24, 2.45) is 0 Å². The number of aromatic nitrogens is 1. The summed E-state index contributed by atoms with van der Waals surface area (Å²) >= 11 is 0. The third kappa shape index (κ3) is 5.62. The molecule has 0 aliphatic heterocycles. The number of nitrogens with zero attached hydrogens (tertiary/aromatic N) is 1. The maximum absolute atomic E-state index is 12.9. The fraction of sp³-hybridized carbons (Fsp3) is 0.136. The minimum atomic E-state index is -0.381. The van der Waals surface area contributed by atoms with Crippen LogP contribution >= 0.6 is 0 Å². The molecular weight excluding hydrogens is 373 g/mol. The Bertz CT molecular complexity index is 989. The summed E-state index contributed by atoms with van der Waals surface area (Å²) in [5.41, 5.74) is 2.14. The summed E-state index contributed by atoms with van der Waals surface area (Å²) in [5.74, 6) is -0.324. The smallest absolute Gasteiger partial charge is 0.270 e. The number of hydrogen-bond donors (Lipinski definition) is 2. The number of nitrogens with one attached hydrogen (secondary N) is 2. The van der Waals surface area contributed by atoms with Crippen LogP contribution in [0.4, 0.5) is 4.39 Å². The molecule has 0 radical (unpaired) electrons. The normalized spacial score (nSPS) is 10.3. The van der Waals surface area contributed by atoms with E-state index < -0.39 is 0 Å². The SMILES string of the molecule is COc1ccc(CNC(=O)c2cc(C(=O)NCc3ccc(F)cc3)ccn2)cc1. The van der Waals surface area contributed by atoms with Crippen molar-refractivity contribution in [1.82, 2.24) is 15.6 Å². The van der Waals surface area contributed by atoms with Crippen molar-refractivity contribution >= 4 is 11.8 Å². The molecule has 0 saturated carbocycles. The number of rotatable bonds is 7. The van der Waals surface area contributed by atoms with Crippen LogP contribution in [0.15, 0.2) is 66.9 Å². The van der Waals surface area contributed by atoms with Crippen LogP contribution in [0.25, 0.3) is 0 Å². The van der Waals surface area contributed by atoms with Gasteiger partial charge in [0.05, 0.1) is 7.11 Å². The van der Waals surface area contributed by atoms with E-state index >= 15 is 0 Å². The fourth-order valence-corrected chi connectivity index (χ4v) is 2.60. The third-order valence-electron chi connectivity index (χ3n) is 4.23. The van der Waals surface area contributed by atoms with Crippen LogP contribution in [0.5, 0.6) is 5.75 Å². The Morgan fingerprint density at radius 1 is 0.897 bits per heavy atom. The average molecular weight is 393 g/mol. The second-order valence-corrected chi connectivity index (χ2v) is 6.27. The van der Waals surface area contributed by atoms with Crippen molar-refractivity contribution in [1.29, 1.82) is 0 Å². The molecule has 1 heterocycles. The number of carbonyl (C=O) groups is 2. The molecule has 7 heteroatoms. The van der Waals surface area contributed by atoms with Gasteiger partial charge in [0.1, 0.15) is 17.3 Å². The van der Waals surface area contributed by atoms with Gasteiger partial charge < -0.3 is 15.4 Å². The molecule has 2 amide bonds. The Morgan fingerprint density at radius 2 is 1.48 bits per heavy atom. The number of hydrogen-bond acceptors (Lipinski definition) is 4. The molecule has 1 aromatic heterocycles. The maximum Gasteiger partial charge on any atom is 0.270 e. The lowest BCUT2D eigenvalue weighted by atomic mass is 10.1. The van der Waals surface area contributed by atoms with Gasteiger partial charge in [-0.25, -0.2) is 4.39 Å². The summed E-state index contributed by atoms with van der Waals surface area (Å²) in [5, 5.41) is 5.51. The molecule has 0 fully saturated rings. The molecule has 0 saturated heterocycles. The molecule has 2 N–H and O–H groups in total. The first-order valence-electron chi connectivity index (χ1n) is 8.95. The number of carbonyl (C=O) groups excluding carboxylic acids is 2. The highest BCUT2D eigenvalue weighted by atomic mass is 19.1. The van der Waals surface area contributed by atoms with Gasteiger partial charge in [0, 0.05) is 24.8 Å². The van der Waals surface area contributed by atoms with E-state index in [4.69, 9.17) is 4.74 Å². The van der Waals surface area contributed by atoms with Gasteiger partial charge in [-0.15, -0.1) is 0 Å². The highest BCUT2D eigenvalue weighted by Crippen LogP contribution is 2.11. The van der Waals surface area contributed by atoms with Crippen LogP contribution in [-0.2, 0) is 13.1 Å². The lowest BCUT2D eigenvalue weighted by molar-refractivity contribution is 0.0946. The van der Waals surface area contributed by atoms with Gasteiger partial charge in [-0.05, 0) is 47.5 Å². The maximum atomic E-state index is 12.9. The summed E-state index contributed by atoms with van der Waals surface area (Å²) in [4.78, 5) is 28.7. The van der Waals surface area contributed by atoms with Crippen molar-refractivity contribution in [2.75, 3.05) is 7.11 Å². The molecule has 0 aliphatic carbocycles. The predicted octanol–water partition coefficient (Wildman–Crippen LogP) is 3.09. The molecule has 6 nitrogen and oxygen atoms in total. The van der Waals surface area contributed by atoms with Gasteiger partial charge in [-0.3, -0.25) is 14.6 Å². The molecule has 2 aromatic carbocycles. The zero-order valence-electron chi connectivity index (χ0n) is 15.8. The third-order valence-corrected chi connectivity index (χ3v) is 4.23. The highest BCUT2D eigenvalue weighted by molar-refractivity contribution is 5.98. The molecule has 3 aromatic rings. The highest BCUT2D eigenvalue weighted by Gasteiger charge is 2.12. The van der Waals surface area contributed by atoms with Crippen molar-refractivity contribution in [2.45, 2.75) is 13.1 Å². The van der Waals surface area contributed by atoms with E-state index in [1.54, 1.807) is 19.2 Å². The number of halogens is 1. The predicted molar refractivity (Wildman–Crippen MR) is 106 cm³/mol. The molecule has 3 rings (SSSR count). The largest absolute Gasteiger partial charge is 0.497 e. The van der Waals surface area contributed by atoms with E-state index in [1.807, 2.05) is 24.3 Å². The second-order valence-electron chi connectivity index (χ2n) is 6.27. The first kappa shape index (κ1) is 20.0. The summed E-state index contributed by atoms with van der Waals surface area (Å²) in [7, 11) is 1.59. The van der Waals surface area contributed by atoms with Crippen molar-refractivity contribution < 1.29 is 18.7 Å². The number of ether oxygens (including phenoxy) is 1. The monoisotopic (exact) mass is 393 g/mol. The minimum absolute atomic E-state index is 0.146. The number of amides is 2. The van der Waals surface area contributed by atoms with Crippen LogP contribution in [0.2, 0.25) is 0 Å². The number of methoxy groups -OCH3 is 1. The molecule has 29 heavy (non-hydrogen) atoms. The van der Waals surface area contributed by atoms with Gasteiger partial charge in [-0.1, -0.05) is 24.3 Å². The van der Waals surface area contributed by atoms with E-state index in [1.165, 1.54) is 30.5 Å². The first-order valence-corrected chi connectivity index (χ1v) is 8.95. The lowest BCUT2D eigenvalue weighted by Crippen LogP contribution is -2.26. The van der Waals surface area contributed by atoms with Crippen LogP contribution in [0.1, 0.15) is 32.0 Å². The van der Waals surface area contributed by atoms with Crippen LogP contribution in [0.3, 0.4) is 0 Å².